The molecule has 2 aliphatic heterocycles. The van der Waals surface area contributed by atoms with Gasteiger partial charge in [-0.25, -0.2) is 0 Å². The molecule has 2 rings (SSSR count). The summed E-state index contributed by atoms with van der Waals surface area (Å²) in [6.45, 7) is 6.06. The van der Waals surface area contributed by atoms with Gasteiger partial charge in [-0.15, -0.1) is 0 Å². The smallest absolute Gasteiger partial charge is 0.224 e. The lowest BCUT2D eigenvalue weighted by Gasteiger charge is -2.28. The van der Waals surface area contributed by atoms with E-state index in [0.717, 1.165) is 26.0 Å². The predicted molar refractivity (Wildman–Crippen MR) is 66.8 cm³/mol. The van der Waals surface area contributed by atoms with E-state index in [0.29, 0.717) is 36.4 Å². The van der Waals surface area contributed by atoms with Crippen molar-refractivity contribution < 1.29 is 9.53 Å². The Morgan fingerprint density at radius 2 is 2.29 bits per heavy atom. The Labute approximate surface area is 104 Å². The molecule has 3 atom stereocenters. The van der Waals surface area contributed by atoms with Crippen molar-refractivity contribution in [2.45, 2.75) is 51.2 Å². The largest absolute Gasteiger partial charge is 0.383 e. The fraction of sp³-hybridized carbons (Fsp3) is 0.923. The predicted octanol–water partition coefficient (Wildman–Crippen LogP) is 1.01. The zero-order chi connectivity index (χ0) is 12.4. The highest BCUT2D eigenvalue weighted by molar-refractivity contribution is 5.80. The average molecular weight is 240 g/mol. The van der Waals surface area contributed by atoms with Crippen molar-refractivity contribution in [3.63, 3.8) is 0 Å². The number of hydrogen-bond acceptors (Lipinski definition) is 3. The summed E-state index contributed by atoms with van der Waals surface area (Å²) >= 11 is 0. The average Bonchev–Trinajstić information content (AvgIpc) is 2.84. The van der Waals surface area contributed by atoms with Gasteiger partial charge in [0, 0.05) is 38.2 Å². The zero-order valence-electron chi connectivity index (χ0n) is 11.1. The van der Waals surface area contributed by atoms with E-state index in [-0.39, 0.29) is 0 Å². The van der Waals surface area contributed by atoms with Gasteiger partial charge in [0.15, 0.2) is 0 Å². The highest BCUT2D eigenvalue weighted by atomic mass is 16.5. The van der Waals surface area contributed by atoms with E-state index in [1.807, 2.05) is 0 Å². The van der Waals surface area contributed by atoms with Gasteiger partial charge in [-0.05, 0) is 18.8 Å². The number of carbonyl (C=O) groups is 1. The maximum Gasteiger partial charge on any atom is 0.224 e. The third kappa shape index (κ3) is 2.63. The van der Waals surface area contributed by atoms with Crippen molar-refractivity contribution in [2.75, 3.05) is 20.3 Å². The van der Waals surface area contributed by atoms with E-state index in [2.05, 4.69) is 24.1 Å². The molecule has 4 nitrogen and oxygen atoms in total. The molecule has 0 bridgehead atoms. The zero-order valence-corrected chi connectivity index (χ0v) is 11.1. The van der Waals surface area contributed by atoms with Crippen LogP contribution in [-0.2, 0) is 9.53 Å². The standard InChI is InChI=1S/C13H24N2O2/c1-9(2)11(8-17-3)14-10-7-13(16)15-6-4-5-12(10)15/h9-12,14H,4-8H2,1-3H3. The fourth-order valence-electron chi connectivity index (χ4n) is 3.02. The molecule has 4 heteroatoms. The summed E-state index contributed by atoms with van der Waals surface area (Å²) in [7, 11) is 1.73. The van der Waals surface area contributed by atoms with Crippen LogP contribution in [-0.4, -0.2) is 49.2 Å². The maximum absolute atomic E-state index is 11.8. The second kappa shape index (κ2) is 5.36. The minimum absolute atomic E-state index is 0.324. The Balaban J connectivity index is 1.96. The van der Waals surface area contributed by atoms with Crippen LogP contribution in [0.5, 0.6) is 0 Å². The molecule has 2 aliphatic rings. The molecule has 1 amide bonds. The van der Waals surface area contributed by atoms with Crippen LogP contribution in [0, 0.1) is 5.92 Å². The van der Waals surface area contributed by atoms with E-state index in [9.17, 15) is 4.79 Å². The molecule has 2 saturated heterocycles. The van der Waals surface area contributed by atoms with Crippen LogP contribution in [0.2, 0.25) is 0 Å². The molecule has 0 aromatic rings. The number of nitrogens with zero attached hydrogens (tertiary/aromatic N) is 1. The third-order valence-electron chi connectivity index (χ3n) is 4.06. The van der Waals surface area contributed by atoms with Crippen molar-refractivity contribution in [3.05, 3.63) is 0 Å². The highest BCUT2D eigenvalue weighted by Crippen LogP contribution is 2.29. The Morgan fingerprint density at radius 3 is 2.94 bits per heavy atom. The molecule has 1 N–H and O–H groups in total. The quantitative estimate of drug-likeness (QED) is 0.780. The molecule has 2 fully saturated rings. The molecular weight excluding hydrogens is 216 g/mol. The van der Waals surface area contributed by atoms with Crippen LogP contribution < -0.4 is 5.32 Å². The molecule has 0 saturated carbocycles. The summed E-state index contributed by atoms with van der Waals surface area (Å²) < 4.78 is 5.25. The van der Waals surface area contributed by atoms with Gasteiger partial charge in [0.25, 0.3) is 0 Å². The van der Waals surface area contributed by atoms with Gasteiger partial charge in [-0.1, -0.05) is 13.8 Å². The molecule has 0 spiro atoms. The van der Waals surface area contributed by atoms with Gasteiger partial charge < -0.3 is 15.0 Å². The number of methoxy groups -OCH3 is 1. The number of rotatable bonds is 5. The lowest BCUT2D eigenvalue weighted by atomic mass is 10.0. The van der Waals surface area contributed by atoms with Crippen molar-refractivity contribution >= 4 is 5.91 Å². The first-order valence-electron chi connectivity index (χ1n) is 6.68. The van der Waals surface area contributed by atoms with Crippen LogP contribution in [0.1, 0.15) is 33.1 Å². The minimum Gasteiger partial charge on any atom is -0.383 e. The molecule has 0 aliphatic carbocycles. The van der Waals surface area contributed by atoms with Gasteiger partial charge in [-0.3, -0.25) is 4.79 Å². The monoisotopic (exact) mass is 240 g/mol. The molecule has 0 radical (unpaired) electrons. The van der Waals surface area contributed by atoms with E-state index in [4.69, 9.17) is 4.74 Å². The summed E-state index contributed by atoms with van der Waals surface area (Å²) in [6, 6.07) is 1.10. The molecule has 17 heavy (non-hydrogen) atoms. The molecule has 3 unspecified atom stereocenters. The van der Waals surface area contributed by atoms with Crippen molar-refractivity contribution in [1.29, 1.82) is 0 Å². The van der Waals surface area contributed by atoms with Gasteiger partial charge in [-0.2, -0.15) is 0 Å². The summed E-state index contributed by atoms with van der Waals surface area (Å²) in [4.78, 5) is 13.9. The topological polar surface area (TPSA) is 41.6 Å². The number of ether oxygens (including phenoxy) is 1. The van der Waals surface area contributed by atoms with E-state index in [1.54, 1.807) is 7.11 Å². The maximum atomic E-state index is 11.8. The van der Waals surface area contributed by atoms with Gasteiger partial charge in [0.1, 0.15) is 0 Å². The third-order valence-corrected chi connectivity index (χ3v) is 4.06. The normalized spacial score (nSPS) is 30.1. The Bertz CT molecular complexity index is 281. The molecule has 2 heterocycles. The SMILES string of the molecule is COCC(NC1CC(=O)N2CCCC12)C(C)C. The lowest BCUT2D eigenvalue weighted by Crippen LogP contribution is -2.48. The van der Waals surface area contributed by atoms with Crippen molar-refractivity contribution in [3.8, 4) is 0 Å². The molecule has 0 aromatic carbocycles. The Hall–Kier alpha value is -0.610. The first-order valence-corrected chi connectivity index (χ1v) is 6.68. The lowest BCUT2D eigenvalue weighted by molar-refractivity contribution is -0.127. The van der Waals surface area contributed by atoms with E-state index >= 15 is 0 Å². The van der Waals surface area contributed by atoms with Crippen molar-refractivity contribution in [1.82, 2.24) is 10.2 Å². The Morgan fingerprint density at radius 1 is 1.53 bits per heavy atom. The van der Waals surface area contributed by atoms with E-state index < -0.39 is 0 Å². The number of carbonyl (C=O) groups excluding carboxylic acids is 1. The second-order valence-electron chi connectivity index (χ2n) is 5.58. The van der Waals surface area contributed by atoms with Crippen LogP contribution in [0.15, 0.2) is 0 Å². The number of nitrogens with one attached hydrogen (secondary N) is 1. The summed E-state index contributed by atoms with van der Waals surface area (Å²) in [5, 5.41) is 3.63. The van der Waals surface area contributed by atoms with Gasteiger partial charge in [0.2, 0.25) is 5.91 Å². The van der Waals surface area contributed by atoms with Crippen LogP contribution in [0.4, 0.5) is 0 Å². The summed E-state index contributed by atoms with van der Waals surface area (Å²) in [6.07, 6.45) is 2.98. The van der Waals surface area contributed by atoms with Gasteiger partial charge in [0.05, 0.1) is 6.61 Å². The Kier molecular flexibility index (Phi) is 4.05. The highest BCUT2D eigenvalue weighted by Gasteiger charge is 2.42. The first kappa shape index (κ1) is 12.8. The van der Waals surface area contributed by atoms with Crippen LogP contribution in [0.25, 0.3) is 0 Å². The molecule has 98 valence electrons. The number of hydrogen-bond donors (Lipinski definition) is 1. The summed E-state index contributed by atoms with van der Waals surface area (Å²) in [5.41, 5.74) is 0. The fourth-order valence-corrected chi connectivity index (χ4v) is 3.02. The number of fused-ring (bicyclic) bond motifs is 1. The number of amides is 1. The van der Waals surface area contributed by atoms with Gasteiger partial charge >= 0.3 is 0 Å². The van der Waals surface area contributed by atoms with Crippen LogP contribution >= 0.6 is 0 Å². The second-order valence-corrected chi connectivity index (χ2v) is 5.58. The van der Waals surface area contributed by atoms with E-state index in [1.165, 1.54) is 0 Å². The molecule has 0 aromatic heterocycles. The minimum atomic E-state index is 0.324. The van der Waals surface area contributed by atoms with Crippen molar-refractivity contribution in [2.24, 2.45) is 5.92 Å². The molecular formula is C13H24N2O2. The first-order chi connectivity index (χ1) is 8.13. The van der Waals surface area contributed by atoms with Crippen LogP contribution in [0.3, 0.4) is 0 Å². The summed E-state index contributed by atoms with van der Waals surface area (Å²) in [5.74, 6) is 0.852.